The van der Waals surface area contributed by atoms with Crippen LogP contribution >= 0.6 is 34.0 Å². The van der Waals surface area contributed by atoms with Gasteiger partial charge >= 0.3 is 0 Å². The van der Waals surface area contributed by atoms with Crippen LogP contribution in [0.5, 0.6) is 0 Å². The largest absolute Gasteiger partial charge is 0.512 e. The summed E-state index contributed by atoms with van der Waals surface area (Å²) in [5.41, 5.74) is 4.77. The Morgan fingerprint density at radius 3 is 2.29 bits per heavy atom. The number of aliphatic hydroxyl groups excluding tert-OH is 1. The molecule has 0 aliphatic heterocycles. The van der Waals surface area contributed by atoms with Gasteiger partial charge in [0.15, 0.2) is 5.78 Å². The fraction of sp³-hybridized carbons (Fsp3) is 0.429. The van der Waals surface area contributed by atoms with Gasteiger partial charge in [-0.25, -0.2) is 0 Å². The first kappa shape index (κ1) is 39.4. The molecule has 0 aliphatic rings. The Balaban J connectivity index is 0.000000290. The molecule has 0 amide bonds. The maximum Gasteiger partial charge on any atom is 0.164 e. The monoisotopic (exact) mass is 889 g/mol. The number of hydrogen-bond donors (Lipinski definition) is 1. The van der Waals surface area contributed by atoms with Gasteiger partial charge in [0, 0.05) is 74.3 Å². The van der Waals surface area contributed by atoms with Crippen LogP contribution in [0.1, 0.15) is 99.6 Å². The van der Waals surface area contributed by atoms with E-state index in [0.717, 1.165) is 36.9 Å². The van der Waals surface area contributed by atoms with Crippen LogP contribution in [-0.2, 0) is 36.7 Å². The van der Waals surface area contributed by atoms with Crippen molar-refractivity contribution in [1.29, 1.82) is 0 Å². The molecular weight excluding hydrogens is 839 g/mol. The third kappa shape index (κ3) is 8.07. The quantitative estimate of drug-likeness (QED) is 0.0894. The maximum absolute atomic E-state index is 11.9. The van der Waals surface area contributed by atoms with Crippen LogP contribution in [0.4, 0.5) is 0 Å². The molecule has 1 N–H and O–H groups in total. The molecule has 4 aromatic heterocycles. The van der Waals surface area contributed by atoms with E-state index in [1.165, 1.54) is 57.5 Å². The normalized spacial score (nSPS) is 13.2. The number of fused-ring (bicyclic) bond motifs is 6. The molecule has 4 heterocycles. The van der Waals surface area contributed by atoms with Crippen molar-refractivity contribution in [2.75, 3.05) is 0 Å². The summed E-state index contributed by atoms with van der Waals surface area (Å²) in [6, 6.07) is 15.0. The Morgan fingerprint density at radius 1 is 0.959 bits per heavy atom. The average molecular weight is 889 g/mol. The van der Waals surface area contributed by atoms with Gasteiger partial charge in [-0.05, 0) is 75.6 Å². The number of thiophene rings is 3. The number of pyridine rings is 1. The van der Waals surface area contributed by atoms with Gasteiger partial charge in [-0.1, -0.05) is 86.4 Å². The van der Waals surface area contributed by atoms with E-state index < -0.39 is 0 Å². The van der Waals surface area contributed by atoms with Gasteiger partial charge in [0.25, 0.3) is 0 Å². The molecule has 263 valence electrons. The van der Waals surface area contributed by atoms with Crippen molar-refractivity contribution < 1.29 is 30.0 Å². The zero-order valence-corrected chi connectivity index (χ0v) is 35.4. The molecule has 0 saturated heterocycles. The summed E-state index contributed by atoms with van der Waals surface area (Å²) in [6.45, 7) is 21.4. The van der Waals surface area contributed by atoms with Crippen LogP contribution < -0.4 is 0 Å². The Bertz CT molecular complexity index is 2100. The van der Waals surface area contributed by atoms with E-state index in [1.54, 1.807) is 0 Å². The van der Waals surface area contributed by atoms with E-state index >= 15 is 0 Å². The SMILES string of the molecule is CC(C)Cc1csc2ccc3c4ccnc(-c5[c-]c6ccsc6c(C(C)(C)C)c5)c4sc3c12.CCC(C)/C(O)=C/C(=O)C(C)(CC)CC.[Ir]. The predicted octanol–water partition coefficient (Wildman–Crippen LogP) is 13.7. The molecule has 0 saturated carbocycles. The van der Waals surface area contributed by atoms with Gasteiger partial charge < -0.3 is 5.11 Å². The third-order valence-corrected chi connectivity index (χ3v) is 13.1. The number of allylic oxidation sites excluding steroid dienone is 2. The van der Waals surface area contributed by atoms with E-state index in [9.17, 15) is 9.90 Å². The summed E-state index contributed by atoms with van der Waals surface area (Å²) < 4.78 is 5.40. The van der Waals surface area contributed by atoms with Crippen molar-refractivity contribution in [3.8, 4) is 11.3 Å². The number of carbonyl (C=O) groups excluding carboxylic acids is 1. The van der Waals surface area contributed by atoms with Crippen molar-refractivity contribution in [2.24, 2.45) is 17.3 Å². The zero-order chi connectivity index (χ0) is 35.0. The average Bonchev–Trinajstić information content (AvgIpc) is 3.79. The second-order valence-electron chi connectivity index (χ2n) is 14.8. The Morgan fingerprint density at radius 2 is 1.65 bits per heavy atom. The molecule has 1 atom stereocenters. The Labute approximate surface area is 318 Å². The van der Waals surface area contributed by atoms with Gasteiger partial charge in [-0.2, -0.15) is 11.3 Å². The molecule has 0 spiro atoms. The van der Waals surface area contributed by atoms with Crippen molar-refractivity contribution >= 4 is 80.1 Å². The number of carbonyl (C=O) groups is 1. The molecule has 2 aromatic carbocycles. The molecule has 6 rings (SSSR count). The first-order valence-electron chi connectivity index (χ1n) is 17.3. The van der Waals surface area contributed by atoms with Crippen LogP contribution in [0.15, 0.2) is 59.1 Å². The van der Waals surface area contributed by atoms with Crippen LogP contribution in [0.3, 0.4) is 0 Å². The van der Waals surface area contributed by atoms with Gasteiger partial charge in [0.2, 0.25) is 0 Å². The first-order valence-corrected chi connectivity index (χ1v) is 19.9. The van der Waals surface area contributed by atoms with Crippen molar-refractivity contribution in [3.63, 3.8) is 0 Å². The number of aliphatic hydroxyl groups is 1. The van der Waals surface area contributed by atoms with Crippen LogP contribution in [0.2, 0.25) is 0 Å². The second kappa shape index (κ2) is 15.9. The molecule has 7 heteroatoms. The number of ketones is 1. The molecular formula is C42H50IrNO2S3-. The summed E-state index contributed by atoms with van der Waals surface area (Å²) in [6.07, 6.45) is 6.99. The minimum Gasteiger partial charge on any atom is -0.512 e. The summed E-state index contributed by atoms with van der Waals surface area (Å²) in [5.74, 6) is 0.986. The molecule has 3 nitrogen and oxygen atoms in total. The van der Waals surface area contributed by atoms with Crippen LogP contribution in [-0.4, -0.2) is 15.9 Å². The number of nitrogens with zero attached hydrogens (tertiary/aromatic N) is 1. The summed E-state index contributed by atoms with van der Waals surface area (Å²) >= 11 is 5.59. The maximum atomic E-state index is 11.9. The van der Waals surface area contributed by atoms with E-state index in [2.05, 4.69) is 81.8 Å². The molecule has 6 aromatic rings. The molecule has 1 unspecified atom stereocenters. The van der Waals surface area contributed by atoms with Crippen molar-refractivity contribution in [2.45, 2.75) is 100 Å². The van der Waals surface area contributed by atoms with Crippen LogP contribution in [0.25, 0.3) is 51.6 Å². The third-order valence-electron chi connectivity index (χ3n) is 9.88. The molecule has 0 fully saturated rings. The topological polar surface area (TPSA) is 50.2 Å². The Hall–Kier alpha value is -2.41. The van der Waals surface area contributed by atoms with Crippen LogP contribution in [0, 0.1) is 23.3 Å². The van der Waals surface area contributed by atoms with E-state index in [0.29, 0.717) is 5.92 Å². The standard InChI is InChI=1S/C29H26NS3.C13H24O2.Ir/c1-16(2)12-19-15-32-23-7-6-20-21-8-10-30-25(28(21)33-27(20)24(19)23)18-13-17-9-11-31-26(17)22(14-18)29(3,4)5;1-6-10(4)11(14)9-12(15)13(5,7-2)8-3;/h6-11,14-16H,12H2,1-5H3;9-10,14H,6-8H2,1-5H3;/q-1;;/b;11-9-;. The summed E-state index contributed by atoms with van der Waals surface area (Å²) in [7, 11) is 0. The van der Waals surface area contributed by atoms with E-state index in [-0.39, 0.29) is 48.4 Å². The second-order valence-corrected chi connectivity index (χ2v) is 17.7. The van der Waals surface area contributed by atoms with Gasteiger partial charge in [-0.3, -0.25) is 9.78 Å². The summed E-state index contributed by atoms with van der Waals surface area (Å²) in [4.78, 5) is 16.8. The van der Waals surface area contributed by atoms with Gasteiger partial charge in [0.05, 0.1) is 5.76 Å². The Kier molecular flexibility index (Phi) is 12.7. The van der Waals surface area contributed by atoms with E-state index in [1.807, 2.05) is 74.8 Å². The minimum atomic E-state index is -0.318. The molecule has 49 heavy (non-hydrogen) atoms. The number of benzene rings is 2. The first-order chi connectivity index (χ1) is 22.7. The molecule has 1 radical (unpaired) electrons. The number of aromatic nitrogens is 1. The zero-order valence-electron chi connectivity index (χ0n) is 30.5. The fourth-order valence-electron chi connectivity index (χ4n) is 6.08. The molecule has 0 aliphatic carbocycles. The van der Waals surface area contributed by atoms with E-state index in [4.69, 9.17) is 4.98 Å². The van der Waals surface area contributed by atoms with Gasteiger partial charge in [-0.15, -0.1) is 46.3 Å². The number of rotatable bonds is 9. The fourth-order valence-corrected chi connectivity index (χ4v) is 9.58. The predicted molar refractivity (Wildman–Crippen MR) is 213 cm³/mol. The van der Waals surface area contributed by atoms with Crippen molar-refractivity contribution in [3.05, 3.63) is 76.3 Å². The number of hydrogen-bond acceptors (Lipinski definition) is 6. The summed E-state index contributed by atoms with van der Waals surface area (Å²) in [5, 5.41) is 19.5. The smallest absolute Gasteiger partial charge is 0.164 e. The van der Waals surface area contributed by atoms with Crippen molar-refractivity contribution in [1.82, 2.24) is 4.98 Å². The van der Waals surface area contributed by atoms with Gasteiger partial charge in [0.1, 0.15) is 0 Å². The molecule has 0 bridgehead atoms. The minimum absolute atomic E-state index is 0.